The van der Waals surface area contributed by atoms with Gasteiger partial charge in [0.05, 0.1) is 5.69 Å². The molecule has 2 aromatic rings. The number of hydrogen-bond donors (Lipinski definition) is 1. The second-order valence-electron chi connectivity index (χ2n) is 10.5. The highest BCUT2D eigenvalue weighted by atomic mass is 16.8. The highest BCUT2D eigenvalue weighted by molar-refractivity contribution is 5.66. The van der Waals surface area contributed by atoms with Gasteiger partial charge in [-0.15, -0.1) is 0 Å². The highest BCUT2D eigenvalue weighted by Gasteiger charge is 2.96. The molecule has 0 aromatic carbocycles. The molecule has 0 bridgehead atoms. The predicted octanol–water partition coefficient (Wildman–Crippen LogP) is 2.26. The van der Waals surface area contributed by atoms with Crippen molar-refractivity contribution in [3.05, 3.63) is 24.2 Å². The number of aromatic nitrogens is 3. The third kappa shape index (κ3) is 2.62. The maximum atomic E-state index is 12.5. The minimum absolute atomic E-state index is 0.147. The molecule has 4 aliphatic rings. The molecule has 11 nitrogen and oxygen atoms in total. The molecule has 2 saturated carbocycles. The third-order valence-corrected chi connectivity index (χ3v) is 7.10. The van der Waals surface area contributed by atoms with Crippen molar-refractivity contribution in [3.63, 3.8) is 0 Å². The summed E-state index contributed by atoms with van der Waals surface area (Å²) in [6.07, 6.45) is -0.557. The van der Waals surface area contributed by atoms with Crippen LogP contribution in [-0.2, 0) is 23.7 Å². The normalized spacial score (nSPS) is 37.6. The van der Waals surface area contributed by atoms with Crippen LogP contribution in [0.25, 0.3) is 5.52 Å². The van der Waals surface area contributed by atoms with Crippen molar-refractivity contribution in [3.8, 4) is 6.07 Å². The first-order valence-corrected chi connectivity index (χ1v) is 10.9. The van der Waals surface area contributed by atoms with Gasteiger partial charge in [0.2, 0.25) is 5.60 Å². The summed E-state index contributed by atoms with van der Waals surface area (Å²) < 4.78 is 31.3. The van der Waals surface area contributed by atoms with Crippen molar-refractivity contribution in [1.29, 1.82) is 5.26 Å². The van der Waals surface area contributed by atoms with Gasteiger partial charge in [-0.05, 0) is 44.2 Å². The van der Waals surface area contributed by atoms with Crippen LogP contribution < -0.4 is 5.73 Å². The van der Waals surface area contributed by atoms with Crippen LogP contribution in [0.4, 0.5) is 10.6 Å². The Balaban J connectivity index is 1.30. The fourth-order valence-corrected chi connectivity index (χ4v) is 5.75. The lowest BCUT2D eigenvalue weighted by Gasteiger charge is -2.41. The summed E-state index contributed by atoms with van der Waals surface area (Å²) >= 11 is 0. The Morgan fingerprint density at radius 1 is 1.24 bits per heavy atom. The molecule has 33 heavy (non-hydrogen) atoms. The standard InChI is InChI=1S/C22H25N5O6/c1-19(2)7-11(8-19)29-18(28)30-17-21(9-23)22(17)15(32-20(3,4)33-22)14(31-21)12-5-6-13-16(24)25-10-26-27(12)13/h5-6,10-11,14-15,17H,7-8H2,1-4H3,(H2,24,25,26)/t14-,15-,17?,21+,22+/m0/s1. The summed E-state index contributed by atoms with van der Waals surface area (Å²) in [7, 11) is 0. The van der Waals surface area contributed by atoms with Crippen molar-refractivity contribution < 1.29 is 28.5 Å². The number of carbonyl (C=O) groups excluding carboxylic acids is 1. The summed E-state index contributed by atoms with van der Waals surface area (Å²) in [5, 5.41) is 14.4. The van der Waals surface area contributed by atoms with Gasteiger partial charge in [-0.2, -0.15) is 10.4 Å². The second-order valence-corrected chi connectivity index (χ2v) is 10.5. The Labute approximate surface area is 189 Å². The summed E-state index contributed by atoms with van der Waals surface area (Å²) in [6.45, 7) is 7.72. The maximum Gasteiger partial charge on any atom is 0.509 e. The van der Waals surface area contributed by atoms with Gasteiger partial charge in [0.25, 0.3) is 0 Å². The average Bonchev–Trinajstić information content (AvgIpc) is 3.06. The summed E-state index contributed by atoms with van der Waals surface area (Å²) in [4.78, 5) is 16.5. The van der Waals surface area contributed by atoms with E-state index in [2.05, 4.69) is 30.0 Å². The van der Waals surface area contributed by atoms with Crippen LogP contribution in [0.5, 0.6) is 0 Å². The fourth-order valence-electron chi connectivity index (χ4n) is 5.75. The molecule has 2 N–H and O–H groups in total. The molecule has 1 unspecified atom stereocenters. The predicted molar refractivity (Wildman–Crippen MR) is 110 cm³/mol. The van der Waals surface area contributed by atoms with Crippen molar-refractivity contribution in [2.24, 2.45) is 5.41 Å². The minimum atomic E-state index is -1.53. The van der Waals surface area contributed by atoms with E-state index < -0.39 is 41.5 Å². The summed E-state index contributed by atoms with van der Waals surface area (Å²) in [6, 6.07) is 5.76. The smallest absolute Gasteiger partial charge is 0.431 e. The Bertz CT molecular complexity index is 1210. The van der Waals surface area contributed by atoms with Gasteiger partial charge in [-0.25, -0.2) is 14.3 Å². The molecule has 6 rings (SSSR count). The van der Waals surface area contributed by atoms with Crippen molar-refractivity contribution in [2.45, 2.75) is 81.9 Å². The highest BCUT2D eigenvalue weighted by Crippen LogP contribution is 2.71. The van der Waals surface area contributed by atoms with Crippen LogP contribution in [0.3, 0.4) is 0 Å². The molecule has 5 atom stereocenters. The van der Waals surface area contributed by atoms with E-state index in [4.69, 9.17) is 29.4 Å². The van der Waals surface area contributed by atoms with Crippen molar-refractivity contribution in [2.75, 3.05) is 5.73 Å². The summed E-state index contributed by atoms with van der Waals surface area (Å²) in [5.74, 6) is -0.702. The number of nitrogens with zero attached hydrogens (tertiary/aromatic N) is 4. The fraction of sp³-hybridized carbons (Fsp3) is 0.636. The molecule has 4 heterocycles. The number of nitrogen functional groups attached to an aromatic ring is 1. The molecule has 0 amide bonds. The average molecular weight is 455 g/mol. The molecule has 11 heteroatoms. The Morgan fingerprint density at radius 3 is 2.70 bits per heavy atom. The number of ether oxygens (including phenoxy) is 5. The van der Waals surface area contributed by atoms with Gasteiger partial charge >= 0.3 is 6.16 Å². The Morgan fingerprint density at radius 2 is 2.00 bits per heavy atom. The first kappa shape index (κ1) is 20.7. The largest absolute Gasteiger partial charge is 0.509 e. The van der Waals surface area contributed by atoms with Crippen LogP contribution >= 0.6 is 0 Å². The minimum Gasteiger partial charge on any atom is -0.431 e. The first-order chi connectivity index (χ1) is 15.5. The number of nitrogens with two attached hydrogens (primary N) is 1. The van der Waals surface area contributed by atoms with E-state index in [-0.39, 0.29) is 11.5 Å². The number of hydrogen-bond acceptors (Lipinski definition) is 10. The van der Waals surface area contributed by atoms with E-state index in [1.165, 1.54) is 6.33 Å². The third-order valence-electron chi connectivity index (χ3n) is 7.10. The molecule has 4 fully saturated rings. The number of rotatable bonds is 3. The number of nitriles is 1. The van der Waals surface area contributed by atoms with Gasteiger partial charge in [-0.3, -0.25) is 0 Å². The van der Waals surface area contributed by atoms with Crippen molar-refractivity contribution in [1.82, 2.24) is 14.6 Å². The van der Waals surface area contributed by atoms with Gasteiger partial charge < -0.3 is 29.4 Å². The quantitative estimate of drug-likeness (QED) is 0.684. The summed E-state index contributed by atoms with van der Waals surface area (Å²) in [5.41, 5.74) is 4.53. The molecular weight excluding hydrogens is 430 g/mol. The zero-order chi connectivity index (χ0) is 23.4. The van der Waals surface area contributed by atoms with E-state index in [0.717, 1.165) is 12.8 Å². The van der Waals surface area contributed by atoms with Crippen molar-refractivity contribution >= 4 is 17.5 Å². The lowest BCUT2D eigenvalue weighted by Crippen LogP contribution is -2.40. The van der Waals surface area contributed by atoms with Gasteiger partial charge in [-0.1, -0.05) is 13.8 Å². The van der Waals surface area contributed by atoms with E-state index in [1.807, 2.05) is 0 Å². The maximum absolute atomic E-state index is 12.5. The number of fused-ring (bicyclic) bond motifs is 1. The Kier molecular flexibility index (Phi) is 3.84. The van der Waals surface area contributed by atoms with Crippen LogP contribution in [0, 0.1) is 16.7 Å². The molecule has 0 radical (unpaired) electrons. The number of anilines is 1. The zero-order valence-electron chi connectivity index (χ0n) is 18.8. The molecule has 2 saturated heterocycles. The van der Waals surface area contributed by atoms with Crippen LogP contribution in [0.15, 0.2) is 18.5 Å². The van der Waals surface area contributed by atoms with Crippen LogP contribution in [0.2, 0.25) is 0 Å². The van der Waals surface area contributed by atoms with Crippen LogP contribution in [0.1, 0.15) is 52.3 Å². The molecule has 2 aliphatic heterocycles. The van der Waals surface area contributed by atoms with E-state index >= 15 is 0 Å². The van der Waals surface area contributed by atoms with Gasteiger partial charge in [0.1, 0.15) is 36.2 Å². The van der Waals surface area contributed by atoms with Gasteiger partial charge in [0.15, 0.2) is 23.3 Å². The zero-order valence-corrected chi connectivity index (χ0v) is 18.8. The van der Waals surface area contributed by atoms with E-state index in [1.54, 1.807) is 30.5 Å². The van der Waals surface area contributed by atoms with E-state index in [0.29, 0.717) is 17.0 Å². The van der Waals surface area contributed by atoms with E-state index in [9.17, 15) is 10.1 Å². The lowest BCUT2D eigenvalue weighted by molar-refractivity contribution is -0.182. The molecule has 2 aliphatic carbocycles. The topological polar surface area (TPSA) is 143 Å². The monoisotopic (exact) mass is 455 g/mol. The van der Waals surface area contributed by atoms with Crippen LogP contribution in [-0.4, -0.2) is 56.1 Å². The second kappa shape index (κ2) is 6.14. The van der Waals surface area contributed by atoms with Gasteiger partial charge in [0, 0.05) is 0 Å². The molecular formula is C22H25N5O6. The molecule has 174 valence electrons. The Hall–Kier alpha value is -2.94. The molecule has 1 spiro atoms. The SMILES string of the molecule is CC1(C)CC(OC(=O)OC2[C@@]3(C#N)O[C@@H](c4ccc5c(N)ncnn45)[C@@H]4OC(C)(C)O[C@@]243)C1. The molecule has 2 aromatic heterocycles. The first-order valence-electron chi connectivity index (χ1n) is 10.9. The number of carbonyl (C=O) groups is 1. The lowest BCUT2D eigenvalue weighted by atomic mass is 9.70.